The van der Waals surface area contributed by atoms with Crippen molar-refractivity contribution in [1.29, 1.82) is 0 Å². The molecule has 1 fully saturated rings. The molecule has 3 N–H and O–H groups in total. The Bertz CT molecular complexity index is 211. The zero-order valence-electron chi connectivity index (χ0n) is 11.1. The second-order valence-electron chi connectivity index (χ2n) is 4.97. The van der Waals surface area contributed by atoms with Gasteiger partial charge in [0.05, 0.1) is 0 Å². The second kappa shape index (κ2) is 8.48. The summed E-state index contributed by atoms with van der Waals surface area (Å²) in [5, 5.41) is 2.98. The third-order valence-corrected chi connectivity index (χ3v) is 3.56. The number of hydrogen-bond acceptors (Lipinski definition) is 3. The topological polar surface area (TPSA) is 58.4 Å². The molecule has 1 atom stereocenters. The lowest BCUT2D eigenvalue weighted by atomic mass is 10.0. The summed E-state index contributed by atoms with van der Waals surface area (Å²) < 4.78 is 0. The number of hydrogen-bond donors (Lipinski definition) is 2. The summed E-state index contributed by atoms with van der Waals surface area (Å²) in [6.45, 7) is 7.08. The molecule has 0 aromatic rings. The highest BCUT2D eigenvalue weighted by molar-refractivity contribution is 5.76. The first-order chi connectivity index (χ1) is 8.26. The molecule has 1 amide bonds. The highest BCUT2D eigenvalue weighted by Gasteiger charge is 2.12. The van der Waals surface area contributed by atoms with Crippen LogP contribution < -0.4 is 11.1 Å². The molecular weight excluding hydrogens is 214 g/mol. The summed E-state index contributed by atoms with van der Waals surface area (Å²) in [5.74, 6) is 0.498. The van der Waals surface area contributed by atoms with E-state index >= 15 is 0 Å². The zero-order chi connectivity index (χ0) is 12.5. The Morgan fingerprint density at radius 2 is 2.12 bits per heavy atom. The highest BCUT2D eigenvalue weighted by Crippen LogP contribution is 2.07. The van der Waals surface area contributed by atoms with Crippen LogP contribution in [0.4, 0.5) is 0 Å². The van der Waals surface area contributed by atoms with E-state index in [1.165, 1.54) is 25.9 Å². The van der Waals surface area contributed by atoms with Crippen LogP contribution in [0.25, 0.3) is 0 Å². The predicted molar refractivity (Wildman–Crippen MR) is 70.8 cm³/mol. The van der Waals surface area contributed by atoms with Gasteiger partial charge >= 0.3 is 0 Å². The van der Waals surface area contributed by atoms with E-state index in [0.29, 0.717) is 18.9 Å². The van der Waals surface area contributed by atoms with Gasteiger partial charge in [-0.2, -0.15) is 0 Å². The van der Waals surface area contributed by atoms with Crippen LogP contribution in [0.5, 0.6) is 0 Å². The first kappa shape index (κ1) is 14.5. The molecule has 1 aliphatic heterocycles. The monoisotopic (exact) mass is 241 g/mol. The van der Waals surface area contributed by atoms with E-state index in [1.807, 2.05) is 0 Å². The first-order valence-electron chi connectivity index (χ1n) is 6.95. The highest BCUT2D eigenvalue weighted by atomic mass is 16.1. The molecule has 0 aromatic carbocycles. The van der Waals surface area contributed by atoms with Crippen molar-refractivity contribution < 1.29 is 4.79 Å². The number of nitrogens with two attached hydrogens (primary N) is 1. The smallest absolute Gasteiger partial charge is 0.220 e. The van der Waals surface area contributed by atoms with Crippen molar-refractivity contribution in [2.24, 2.45) is 11.7 Å². The lowest BCUT2D eigenvalue weighted by Crippen LogP contribution is -2.31. The van der Waals surface area contributed by atoms with Crippen LogP contribution in [-0.2, 0) is 4.79 Å². The van der Waals surface area contributed by atoms with Gasteiger partial charge < -0.3 is 16.0 Å². The van der Waals surface area contributed by atoms with Gasteiger partial charge in [0.25, 0.3) is 0 Å². The SMILES string of the molecule is CCC(CN)CC(=O)NCCCN1CCCC1. The van der Waals surface area contributed by atoms with E-state index < -0.39 is 0 Å². The van der Waals surface area contributed by atoms with Gasteiger partial charge in [0.15, 0.2) is 0 Å². The lowest BCUT2D eigenvalue weighted by Gasteiger charge is -2.15. The van der Waals surface area contributed by atoms with Gasteiger partial charge in [-0.3, -0.25) is 4.79 Å². The molecule has 4 heteroatoms. The predicted octanol–water partition coefficient (Wildman–Crippen LogP) is 0.964. The molecule has 1 aliphatic rings. The Balaban J connectivity index is 1.99. The quantitative estimate of drug-likeness (QED) is 0.622. The van der Waals surface area contributed by atoms with Crippen LogP contribution in [0.15, 0.2) is 0 Å². The average Bonchev–Trinajstić information content (AvgIpc) is 2.84. The number of carbonyl (C=O) groups is 1. The van der Waals surface area contributed by atoms with Crippen LogP contribution >= 0.6 is 0 Å². The van der Waals surface area contributed by atoms with Crippen LogP contribution in [0.3, 0.4) is 0 Å². The summed E-state index contributed by atoms with van der Waals surface area (Å²) in [7, 11) is 0. The first-order valence-corrected chi connectivity index (χ1v) is 6.95. The lowest BCUT2D eigenvalue weighted by molar-refractivity contribution is -0.122. The molecular formula is C13H27N3O. The van der Waals surface area contributed by atoms with Crippen molar-refractivity contribution >= 4 is 5.91 Å². The van der Waals surface area contributed by atoms with E-state index in [9.17, 15) is 4.79 Å². The fourth-order valence-corrected chi connectivity index (χ4v) is 2.27. The maximum absolute atomic E-state index is 11.6. The van der Waals surface area contributed by atoms with Crippen LogP contribution in [0, 0.1) is 5.92 Å². The molecule has 1 saturated heterocycles. The summed E-state index contributed by atoms with van der Waals surface area (Å²) in [6, 6.07) is 0. The molecule has 1 heterocycles. The molecule has 0 aromatic heterocycles. The van der Waals surface area contributed by atoms with Gasteiger partial charge in [0.1, 0.15) is 0 Å². The summed E-state index contributed by atoms with van der Waals surface area (Å²) in [5.41, 5.74) is 5.58. The molecule has 0 spiro atoms. The van der Waals surface area contributed by atoms with Gasteiger partial charge in [-0.25, -0.2) is 0 Å². The van der Waals surface area contributed by atoms with E-state index in [1.54, 1.807) is 0 Å². The number of nitrogens with one attached hydrogen (secondary N) is 1. The number of amides is 1. The van der Waals surface area contributed by atoms with E-state index in [0.717, 1.165) is 25.9 Å². The van der Waals surface area contributed by atoms with E-state index in [4.69, 9.17) is 5.73 Å². The standard InChI is InChI=1S/C13H27N3O/c1-2-12(11-14)10-13(17)15-6-5-9-16-7-3-4-8-16/h12H,2-11,14H2,1H3,(H,15,17). The van der Waals surface area contributed by atoms with Crippen molar-refractivity contribution in [2.45, 2.75) is 39.0 Å². The second-order valence-corrected chi connectivity index (χ2v) is 4.97. The van der Waals surface area contributed by atoms with Gasteiger partial charge in [0.2, 0.25) is 5.91 Å². The van der Waals surface area contributed by atoms with Gasteiger partial charge in [0, 0.05) is 13.0 Å². The van der Waals surface area contributed by atoms with Crippen LogP contribution in [0.2, 0.25) is 0 Å². The fourth-order valence-electron chi connectivity index (χ4n) is 2.27. The minimum absolute atomic E-state index is 0.156. The van der Waals surface area contributed by atoms with Crippen molar-refractivity contribution in [1.82, 2.24) is 10.2 Å². The maximum Gasteiger partial charge on any atom is 0.220 e. The molecule has 0 radical (unpaired) electrons. The largest absolute Gasteiger partial charge is 0.356 e. The summed E-state index contributed by atoms with van der Waals surface area (Å²) in [4.78, 5) is 14.1. The number of carbonyl (C=O) groups excluding carboxylic acids is 1. The van der Waals surface area contributed by atoms with Crippen molar-refractivity contribution in [2.75, 3.05) is 32.7 Å². The molecule has 0 saturated carbocycles. The zero-order valence-corrected chi connectivity index (χ0v) is 11.1. The maximum atomic E-state index is 11.6. The Kier molecular flexibility index (Phi) is 7.21. The molecule has 1 rings (SSSR count). The number of nitrogens with zero attached hydrogens (tertiary/aromatic N) is 1. The molecule has 0 bridgehead atoms. The minimum atomic E-state index is 0.156. The Labute approximate surface area is 105 Å². The fraction of sp³-hybridized carbons (Fsp3) is 0.923. The summed E-state index contributed by atoms with van der Waals surface area (Å²) in [6.07, 6.45) is 5.29. The average molecular weight is 241 g/mol. The van der Waals surface area contributed by atoms with Crippen molar-refractivity contribution in [3.8, 4) is 0 Å². The molecule has 100 valence electrons. The van der Waals surface area contributed by atoms with Crippen molar-refractivity contribution in [3.63, 3.8) is 0 Å². The molecule has 17 heavy (non-hydrogen) atoms. The number of likely N-dealkylation sites (tertiary alicyclic amines) is 1. The van der Waals surface area contributed by atoms with E-state index in [2.05, 4.69) is 17.1 Å². The van der Waals surface area contributed by atoms with Gasteiger partial charge in [-0.15, -0.1) is 0 Å². The van der Waals surface area contributed by atoms with Gasteiger partial charge in [-0.05, 0) is 51.4 Å². The molecule has 1 unspecified atom stereocenters. The Morgan fingerprint density at radius 1 is 1.41 bits per heavy atom. The van der Waals surface area contributed by atoms with Crippen LogP contribution in [-0.4, -0.2) is 43.5 Å². The van der Waals surface area contributed by atoms with Crippen molar-refractivity contribution in [3.05, 3.63) is 0 Å². The van der Waals surface area contributed by atoms with E-state index in [-0.39, 0.29) is 5.91 Å². The Morgan fingerprint density at radius 3 is 2.71 bits per heavy atom. The van der Waals surface area contributed by atoms with Crippen LogP contribution in [0.1, 0.15) is 39.0 Å². The third-order valence-electron chi connectivity index (χ3n) is 3.56. The summed E-state index contributed by atoms with van der Waals surface area (Å²) >= 11 is 0. The third kappa shape index (κ3) is 6.03. The molecule has 0 aliphatic carbocycles. The normalized spacial score (nSPS) is 18.2. The Hall–Kier alpha value is -0.610. The number of rotatable bonds is 8. The van der Waals surface area contributed by atoms with Gasteiger partial charge in [-0.1, -0.05) is 13.3 Å². The molecule has 4 nitrogen and oxygen atoms in total. The minimum Gasteiger partial charge on any atom is -0.356 e.